The van der Waals surface area contributed by atoms with Crippen molar-refractivity contribution in [2.45, 2.75) is 95.3 Å². The molecule has 1 aromatic heterocycles. The number of anilines is 2. The number of alkyl halides is 1. The highest BCUT2D eigenvalue weighted by molar-refractivity contribution is 9.10. The normalized spacial score (nSPS) is 24.0. The fraction of sp³-hybridized carbons (Fsp3) is 0.500. The second-order valence-electron chi connectivity index (χ2n) is 16.0. The zero-order valence-electron chi connectivity index (χ0n) is 31.9. The predicted octanol–water partition coefficient (Wildman–Crippen LogP) is 7.20. The van der Waals surface area contributed by atoms with E-state index in [1.165, 1.54) is 11.1 Å². The molecule has 0 radical (unpaired) electrons. The minimum Gasteiger partial charge on any atom is -0.461 e. The van der Waals surface area contributed by atoms with Crippen LogP contribution in [-0.4, -0.2) is 82.8 Å². The summed E-state index contributed by atoms with van der Waals surface area (Å²) < 4.78 is 27.8. The van der Waals surface area contributed by atoms with Crippen LogP contribution < -0.4 is 14.5 Å². The average Bonchev–Trinajstić information content (AvgIpc) is 3.57. The fourth-order valence-electron chi connectivity index (χ4n) is 9.56. The maximum Gasteiger partial charge on any atom is 0.318 e. The molecule has 3 atom stereocenters. The van der Waals surface area contributed by atoms with Crippen LogP contribution in [0.3, 0.4) is 0 Å². The van der Waals surface area contributed by atoms with E-state index >= 15 is 0 Å². The van der Waals surface area contributed by atoms with Crippen molar-refractivity contribution >= 4 is 27.4 Å². The Hall–Kier alpha value is -3.61. The first kappa shape index (κ1) is 38.3. The molecule has 4 aliphatic rings. The molecule has 0 amide bonds. The minimum atomic E-state index is -1.29. The molecule has 9 nitrogen and oxygen atoms in total. The third-order valence-electron chi connectivity index (χ3n) is 12.3. The van der Waals surface area contributed by atoms with Gasteiger partial charge in [-0.1, -0.05) is 60.7 Å². The number of nitrogens with zero attached hydrogens (tertiary/aromatic N) is 5. The van der Waals surface area contributed by atoms with E-state index in [2.05, 4.69) is 92.2 Å². The van der Waals surface area contributed by atoms with Gasteiger partial charge in [0.2, 0.25) is 0 Å². The van der Waals surface area contributed by atoms with Gasteiger partial charge < -0.3 is 29.5 Å². The van der Waals surface area contributed by atoms with Crippen molar-refractivity contribution in [2.75, 3.05) is 55.8 Å². The topological polar surface area (TPSA) is 94.4 Å². The number of halogens is 2. The number of fused-ring (bicyclic) bond motifs is 2. The molecular weight excluding hydrogens is 761 g/mol. The van der Waals surface area contributed by atoms with Crippen LogP contribution in [0.4, 0.5) is 15.9 Å². The van der Waals surface area contributed by atoms with E-state index < -0.39 is 11.8 Å². The maximum atomic E-state index is 14.7. The number of aryl methyl sites for hydroxylation is 1. The molecule has 0 spiro atoms. The molecular formula is C44H53BrFN5O4. The van der Waals surface area contributed by atoms with Crippen LogP contribution in [0.5, 0.6) is 6.01 Å². The SMILES string of the molecule is Cc1cc(N(Cc2ccccc2)Cc2ccccc2)c(Br)c2c1CCCC2(O)Cc1nc(OC[C@@]23CCCN2C[C@H](F)C3)nc(N2CCCOCC2)c1CO. The van der Waals surface area contributed by atoms with Crippen molar-refractivity contribution in [3.05, 3.63) is 110 Å². The summed E-state index contributed by atoms with van der Waals surface area (Å²) >= 11 is 4.08. The molecule has 8 rings (SSSR count). The number of rotatable bonds is 12. The lowest BCUT2D eigenvalue weighted by molar-refractivity contribution is 0.0166. The summed E-state index contributed by atoms with van der Waals surface area (Å²) in [4.78, 5) is 16.7. The van der Waals surface area contributed by atoms with Gasteiger partial charge in [-0.15, -0.1) is 0 Å². The van der Waals surface area contributed by atoms with Gasteiger partial charge >= 0.3 is 6.01 Å². The van der Waals surface area contributed by atoms with Crippen LogP contribution in [0, 0.1) is 6.92 Å². The van der Waals surface area contributed by atoms with Crippen LogP contribution in [0.2, 0.25) is 0 Å². The number of hydrogen-bond donors (Lipinski definition) is 2. The van der Waals surface area contributed by atoms with Crippen LogP contribution in [0.25, 0.3) is 0 Å². The summed E-state index contributed by atoms with van der Waals surface area (Å²) in [5, 5.41) is 24.1. The highest BCUT2D eigenvalue weighted by Crippen LogP contribution is 2.48. The van der Waals surface area contributed by atoms with Crippen molar-refractivity contribution < 1.29 is 24.1 Å². The summed E-state index contributed by atoms with van der Waals surface area (Å²) in [7, 11) is 0. The molecule has 3 fully saturated rings. The zero-order chi connectivity index (χ0) is 38.0. The number of aliphatic hydroxyl groups excluding tert-OH is 1. The molecule has 4 heterocycles. The third-order valence-corrected chi connectivity index (χ3v) is 13.1. The molecule has 2 N–H and O–H groups in total. The second-order valence-corrected chi connectivity index (χ2v) is 16.8. The van der Waals surface area contributed by atoms with Crippen LogP contribution >= 0.6 is 15.9 Å². The Kier molecular flexibility index (Phi) is 11.5. The number of aliphatic hydroxyl groups is 2. The van der Waals surface area contributed by atoms with Crippen LogP contribution in [0.15, 0.2) is 71.2 Å². The van der Waals surface area contributed by atoms with E-state index in [0.29, 0.717) is 82.5 Å². The molecule has 11 heteroatoms. The Bertz CT molecular complexity index is 1910. The standard InChI is InChI=1S/C44H53BrFN5O4/c1-31-23-38(50(26-32-11-4-2-5-12-32)27-33-13-6-3-7-14-33)40(45)39-35(31)15-8-17-44(39,53)25-37-36(29-52)41(49-18-10-21-54-22-20-49)48-42(47-37)55-30-43-16-9-19-51(43)28-34(46)24-43/h2-7,11-14,23,34,52-53H,8-10,15-22,24-30H2,1H3/t34-,43+,44?/m1/s1. The monoisotopic (exact) mass is 813 g/mol. The molecule has 1 unspecified atom stereocenters. The Balaban J connectivity index is 1.19. The average molecular weight is 815 g/mol. The summed E-state index contributed by atoms with van der Waals surface area (Å²) in [6.07, 6.45) is 4.68. The van der Waals surface area contributed by atoms with Crippen molar-refractivity contribution in [1.82, 2.24) is 14.9 Å². The van der Waals surface area contributed by atoms with Crippen molar-refractivity contribution in [2.24, 2.45) is 0 Å². The zero-order valence-corrected chi connectivity index (χ0v) is 33.4. The van der Waals surface area contributed by atoms with Gasteiger partial charge in [0.05, 0.1) is 35.7 Å². The predicted molar refractivity (Wildman–Crippen MR) is 216 cm³/mol. The lowest BCUT2D eigenvalue weighted by atomic mass is 9.74. The van der Waals surface area contributed by atoms with Gasteiger partial charge in [0.15, 0.2) is 0 Å². The van der Waals surface area contributed by atoms with Gasteiger partial charge in [0.25, 0.3) is 0 Å². The van der Waals surface area contributed by atoms with Crippen LogP contribution in [-0.2, 0) is 42.9 Å². The lowest BCUT2D eigenvalue weighted by Gasteiger charge is -2.39. The van der Waals surface area contributed by atoms with Gasteiger partial charge in [-0.2, -0.15) is 9.97 Å². The van der Waals surface area contributed by atoms with E-state index in [-0.39, 0.29) is 24.6 Å². The first-order chi connectivity index (χ1) is 26.7. The molecule has 4 aromatic rings. The van der Waals surface area contributed by atoms with Gasteiger partial charge in [-0.25, -0.2) is 4.39 Å². The van der Waals surface area contributed by atoms with Crippen molar-refractivity contribution in [1.29, 1.82) is 0 Å². The lowest BCUT2D eigenvalue weighted by Crippen LogP contribution is -2.43. The van der Waals surface area contributed by atoms with Crippen molar-refractivity contribution in [3.63, 3.8) is 0 Å². The van der Waals surface area contributed by atoms with E-state index in [9.17, 15) is 14.6 Å². The van der Waals surface area contributed by atoms with Crippen LogP contribution in [0.1, 0.15) is 77.6 Å². The number of benzene rings is 3. The highest BCUT2D eigenvalue weighted by atomic mass is 79.9. The fourth-order valence-corrected chi connectivity index (χ4v) is 10.5. The smallest absolute Gasteiger partial charge is 0.318 e. The first-order valence-corrected chi connectivity index (χ1v) is 20.8. The summed E-state index contributed by atoms with van der Waals surface area (Å²) in [5.74, 6) is 0.615. The minimum absolute atomic E-state index is 0.175. The van der Waals surface area contributed by atoms with Crippen molar-refractivity contribution in [3.8, 4) is 6.01 Å². The molecule has 3 aliphatic heterocycles. The Morgan fingerprint density at radius 1 is 0.964 bits per heavy atom. The molecule has 55 heavy (non-hydrogen) atoms. The Morgan fingerprint density at radius 3 is 2.44 bits per heavy atom. The number of aromatic nitrogens is 2. The van der Waals surface area contributed by atoms with E-state index in [0.717, 1.165) is 65.5 Å². The highest BCUT2D eigenvalue weighted by Gasteiger charge is 2.49. The molecule has 3 saturated heterocycles. The molecule has 1 aliphatic carbocycles. The molecule has 3 aromatic carbocycles. The van der Waals surface area contributed by atoms with E-state index in [1.807, 2.05) is 12.1 Å². The van der Waals surface area contributed by atoms with E-state index in [1.54, 1.807) is 0 Å². The summed E-state index contributed by atoms with van der Waals surface area (Å²) in [6, 6.07) is 23.4. The largest absolute Gasteiger partial charge is 0.461 e. The Morgan fingerprint density at radius 2 is 1.71 bits per heavy atom. The molecule has 0 saturated carbocycles. The third kappa shape index (κ3) is 8.01. The second kappa shape index (κ2) is 16.5. The van der Waals surface area contributed by atoms with Gasteiger partial charge in [-0.3, -0.25) is 4.90 Å². The maximum absolute atomic E-state index is 14.7. The van der Waals surface area contributed by atoms with Gasteiger partial charge in [-0.05, 0) is 96.2 Å². The quantitative estimate of drug-likeness (QED) is 0.154. The first-order valence-electron chi connectivity index (χ1n) is 20.0. The van der Waals surface area contributed by atoms with Gasteiger partial charge in [0.1, 0.15) is 18.6 Å². The Labute approximate surface area is 332 Å². The number of ether oxygens (including phenoxy) is 2. The van der Waals surface area contributed by atoms with Gasteiger partial charge in [0, 0.05) is 67.8 Å². The molecule has 292 valence electrons. The summed E-state index contributed by atoms with van der Waals surface area (Å²) in [6.45, 7) is 7.39. The summed E-state index contributed by atoms with van der Waals surface area (Å²) in [5.41, 5.74) is 6.10. The van der Waals surface area contributed by atoms with E-state index in [4.69, 9.17) is 19.4 Å². The number of hydrogen-bond acceptors (Lipinski definition) is 9. The molecule has 0 bridgehead atoms.